The summed E-state index contributed by atoms with van der Waals surface area (Å²) in [6.07, 6.45) is 3.03. The molecule has 2 rings (SSSR count). The molecule has 3 heteroatoms. The summed E-state index contributed by atoms with van der Waals surface area (Å²) < 4.78 is 5.34. The number of aliphatic hydroxyl groups is 1. The SMILES string of the molecule is COc1ccc2c(c1)C(NC(CCO)C(C)(C)C)CC2. The topological polar surface area (TPSA) is 41.5 Å². The van der Waals surface area contributed by atoms with Crippen molar-refractivity contribution in [3.8, 4) is 5.75 Å². The van der Waals surface area contributed by atoms with Crippen LogP contribution in [0.25, 0.3) is 0 Å². The Balaban J connectivity index is 2.16. The third kappa shape index (κ3) is 3.33. The van der Waals surface area contributed by atoms with E-state index < -0.39 is 0 Å². The first-order valence-corrected chi connectivity index (χ1v) is 7.49. The van der Waals surface area contributed by atoms with E-state index in [-0.39, 0.29) is 12.0 Å². The van der Waals surface area contributed by atoms with E-state index in [0.717, 1.165) is 25.0 Å². The molecule has 0 fully saturated rings. The summed E-state index contributed by atoms with van der Waals surface area (Å²) in [5, 5.41) is 13.0. The van der Waals surface area contributed by atoms with Gasteiger partial charge in [-0.1, -0.05) is 26.8 Å². The highest BCUT2D eigenvalue weighted by Gasteiger charge is 2.30. The second-order valence-corrected chi connectivity index (χ2v) is 6.75. The molecule has 0 spiro atoms. The van der Waals surface area contributed by atoms with Gasteiger partial charge < -0.3 is 15.2 Å². The monoisotopic (exact) mass is 277 g/mol. The lowest BCUT2D eigenvalue weighted by Crippen LogP contribution is -2.42. The first kappa shape index (κ1) is 15.3. The van der Waals surface area contributed by atoms with E-state index in [9.17, 15) is 5.11 Å². The summed E-state index contributed by atoms with van der Waals surface area (Å²) in [7, 11) is 1.71. The van der Waals surface area contributed by atoms with E-state index in [1.54, 1.807) is 7.11 Å². The minimum absolute atomic E-state index is 0.143. The van der Waals surface area contributed by atoms with Gasteiger partial charge in [0.25, 0.3) is 0 Å². The molecule has 0 saturated heterocycles. The average Bonchev–Trinajstić information content (AvgIpc) is 2.79. The summed E-state index contributed by atoms with van der Waals surface area (Å²) >= 11 is 0. The van der Waals surface area contributed by atoms with Crippen LogP contribution in [0.3, 0.4) is 0 Å². The molecule has 0 bridgehead atoms. The number of nitrogens with one attached hydrogen (secondary N) is 1. The van der Waals surface area contributed by atoms with Crippen molar-refractivity contribution in [1.82, 2.24) is 5.32 Å². The molecule has 0 amide bonds. The number of ether oxygens (including phenoxy) is 1. The van der Waals surface area contributed by atoms with Gasteiger partial charge in [0.1, 0.15) is 5.75 Å². The van der Waals surface area contributed by atoms with Gasteiger partial charge in [0.2, 0.25) is 0 Å². The van der Waals surface area contributed by atoms with Gasteiger partial charge in [-0.2, -0.15) is 0 Å². The van der Waals surface area contributed by atoms with Gasteiger partial charge >= 0.3 is 0 Å². The zero-order valence-electron chi connectivity index (χ0n) is 13.1. The highest BCUT2D eigenvalue weighted by molar-refractivity contribution is 5.40. The van der Waals surface area contributed by atoms with Crippen LogP contribution in [0, 0.1) is 5.41 Å². The third-order valence-electron chi connectivity index (χ3n) is 4.30. The van der Waals surface area contributed by atoms with Crippen molar-refractivity contribution < 1.29 is 9.84 Å². The second kappa shape index (κ2) is 6.15. The Bertz CT molecular complexity index is 451. The molecule has 0 aliphatic heterocycles. The number of rotatable bonds is 5. The van der Waals surface area contributed by atoms with Crippen molar-refractivity contribution >= 4 is 0 Å². The molecule has 1 aliphatic carbocycles. The predicted octanol–water partition coefficient (Wildman–Crippen LogP) is 3.07. The molecule has 0 heterocycles. The van der Waals surface area contributed by atoms with Crippen LogP contribution >= 0.6 is 0 Å². The molecule has 20 heavy (non-hydrogen) atoms. The fourth-order valence-corrected chi connectivity index (χ4v) is 3.02. The van der Waals surface area contributed by atoms with E-state index in [2.05, 4.69) is 38.2 Å². The number of fused-ring (bicyclic) bond motifs is 1. The van der Waals surface area contributed by atoms with Gasteiger partial charge in [0.05, 0.1) is 7.11 Å². The molecular formula is C17H27NO2. The maximum atomic E-state index is 9.29. The largest absolute Gasteiger partial charge is 0.497 e. The average molecular weight is 277 g/mol. The number of hydrogen-bond donors (Lipinski definition) is 2. The number of aliphatic hydroxyl groups excluding tert-OH is 1. The Morgan fingerprint density at radius 1 is 1.40 bits per heavy atom. The van der Waals surface area contributed by atoms with Gasteiger partial charge in [-0.25, -0.2) is 0 Å². The summed E-state index contributed by atoms with van der Waals surface area (Å²) in [5.41, 5.74) is 2.92. The molecule has 0 saturated carbocycles. The molecule has 2 atom stereocenters. The molecule has 1 aromatic carbocycles. The molecule has 2 unspecified atom stereocenters. The van der Waals surface area contributed by atoms with Crippen LogP contribution in [0.15, 0.2) is 18.2 Å². The normalized spacial score (nSPS) is 19.8. The molecule has 1 aliphatic rings. The van der Waals surface area contributed by atoms with E-state index in [1.165, 1.54) is 11.1 Å². The van der Waals surface area contributed by atoms with Crippen LogP contribution in [-0.2, 0) is 6.42 Å². The fraction of sp³-hybridized carbons (Fsp3) is 0.647. The molecule has 1 aromatic rings. The van der Waals surface area contributed by atoms with Gasteiger partial charge in [0, 0.05) is 18.7 Å². The zero-order chi connectivity index (χ0) is 14.8. The fourth-order valence-electron chi connectivity index (χ4n) is 3.02. The number of aryl methyl sites for hydroxylation is 1. The molecule has 112 valence electrons. The van der Waals surface area contributed by atoms with Crippen LogP contribution in [0.1, 0.15) is 50.8 Å². The minimum Gasteiger partial charge on any atom is -0.497 e. The summed E-state index contributed by atoms with van der Waals surface area (Å²) in [6.45, 7) is 6.90. The third-order valence-corrected chi connectivity index (χ3v) is 4.30. The van der Waals surface area contributed by atoms with Crippen LogP contribution in [0.4, 0.5) is 0 Å². The molecule has 0 aromatic heterocycles. The van der Waals surface area contributed by atoms with Crippen molar-refractivity contribution in [1.29, 1.82) is 0 Å². The van der Waals surface area contributed by atoms with E-state index in [4.69, 9.17) is 4.74 Å². The smallest absolute Gasteiger partial charge is 0.119 e. The lowest BCUT2D eigenvalue weighted by atomic mass is 9.84. The second-order valence-electron chi connectivity index (χ2n) is 6.75. The Hall–Kier alpha value is -1.06. The number of hydrogen-bond acceptors (Lipinski definition) is 3. The summed E-state index contributed by atoms with van der Waals surface area (Å²) in [5.74, 6) is 0.923. The van der Waals surface area contributed by atoms with Crippen molar-refractivity contribution in [3.05, 3.63) is 29.3 Å². The zero-order valence-corrected chi connectivity index (χ0v) is 13.1. The van der Waals surface area contributed by atoms with Gasteiger partial charge in [-0.15, -0.1) is 0 Å². The highest BCUT2D eigenvalue weighted by atomic mass is 16.5. The maximum Gasteiger partial charge on any atom is 0.119 e. The Morgan fingerprint density at radius 3 is 2.75 bits per heavy atom. The molecule has 3 nitrogen and oxygen atoms in total. The van der Waals surface area contributed by atoms with Crippen LogP contribution in [-0.4, -0.2) is 24.9 Å². The first-order valence-electron chi connectivity index (χ1n) is 7.49. The minimum atomic E-state index is 0.143. The Kier molecular flexibility index (Phi) is 4.71. The van der Waals surface area contributed by atoms with Crippen molar-refractivity contribution in [3.63, 3.8) is 0 Å². The quantitative estimate of drug-likeness (QED) is 0.869. The summed E-state index contributed by atoms with van der Waals surface area (Å²) in [4.78, 5) is 0. The van der Waals surface area contributed by atoms with Crippen molar-refractivity contribution in [2.75, 3.05) is 13.7 Å². The predicted molar refractivity (Wildman–Crippen MR) is 82.1 cm³/mol. The number of methoxy groups -OCH3 is 1. The molecule has 0 radical (unpaired) electrons. The van der Waals surface area contributed by atoms with Crippen LogP contribution in [0.2, 0.25) is 0 Å². The van der Waals surface area contributed by atoms with Gasteiger partial charge in [-0.3, -0.25) is 0 Å². The lowest BCUT2D eigenvalue weighted by Gasteiger charge is -2.34. The standard InChI is InChI=1S/C17H27NO2/c1-17(2,3)16(9-10-19)18-15-8-6-12-5-7-13(20-4)11-14(12)15/h5,7,11,15-16,18-19H,6,8-10H2,1-4H3. The summed E-state index contributed by atoms with van der Waals surface area (Å²) in [6, 6.07) is 7.05. The van der Waals surface area contributed by atoms with E-state index in [0.29, 0.717) is 12.1 Å². The highest BCUT2D eigenvalue weighted by Crippen LogP contribution is 2.35. The Labute approximate surface area is 122 Å². The van der Waals surface area contributed by atoms with Crippen molar-refractivity contribution in [2.45, 2.75) is 52.1 Å². The van der Waals surface area contributed by atoms with Gasteiger partial charge in [-0.05, 0) is 47.9 Å². The molecular weight excluding hydrogens is 250 g/mol. The van der Waals surface area contributed by atoms with E-state index in [1.807, 2.05) is 6.07 Å². The molecule has 2 N–H and O–H groups in total. The lowest BCUT2D eigenvalue weighted by molar-refractivity contribution is 0.185. The first-order chi connectivity index (χ1) is 9.45. The van der Waals surface area contributed by atoms with Gasteiger partial charge in [0.15, 0.2) is 0 Å². The Morgan fingerprint density at radius 2 is 2.15 bits per heavy atom. The maximum absolute atomic E-state index is 9.29. The number of benzene rings is 1. The van der Waals surface area contributed by atoms with Crippen LogP contribution < -0.4 is 10.1 Å². The van der Waals surface area contributed by atoms with Crippen molar-refractivity contribution in [2.24, 2.45) is 5.41 Å². The van der Waals surface area contributed by atoms with E-state index >= 15 is 0 Å². The van der Waals surface area contributed by atoms with Crippen LogP contribution in [0.5, 0.6) is 5.75 Å².